The van der Waals surface area contributed by atoms with E-state index in [0.717, 1.165) is 0 Å². The highest BCUT2D eigenvalue weighted by molar-refractivity contribution is 6.00. The molecule has 0 radical (unpaired) electrons. The van der Waals surface area contributed by atoms with Crippen molar-refractivity contribution < 1.29 is 14.3 Å². The summed E-state index contributed by atoms with van der Waals surface area (Å²) in [4.78, 5) is 24.8. The molecule has 0 aliphatic heterocycles. The molecule has 4 nitrogen and oxygen atoms in total. The molecule has 0 aliphatic carbocycles. The monoisotopic (exact) mass is 183 g/mol. The van der Waals surface area contributed by atoms with Crippen LogP contribution in [0.25, 0.3) is 0 Å². The van der Waals surface area contributed by atoms with Gasteiger partial charge in [-0.2, -0.15) is 4.99 Å². The van der Waals surface area contributed by atoms with Crippen LogP contribution in [-0.4, -0.2) is 24.2 Å². The lowest BCUT2D eigenvalue weighted by Crippen LogP contribution is -2.36. The number of nitrogens with zero attached hydrogens (tertiary/aromatic N) is 1. The molecule has 0 N–H and O–H groups in total. The zero-order valence-electron chi connectivity index (χ0n) is 8.09. The van der Waals surface area contributed by atoms with Crippen LogP contribution >= 0.6 is 0 Å². The van der Waals surface area contributed by atoms with Gasteiger partial charge >= 0.3 is 0 Å². The van der Waals surface area contributed by atoms with Gasteiger partial charge in [0.25, 0.3) is 0 Å². The van der Waals surface area contributed by atoms with E-state index < -0.39 is 11.5 Å². The van der Waals surface area contributed by atoms with E-state index in [9.17, 15) is 9.59 Å². The van der Waals surface area contributed by atoms with Crippen molar-refractivity contribution in [2.75, 3.05) is 6.61 Å². The molecule has 0 aromatic carbocycles. The molecule has 0 aromatic heterocycles. The molecule has 0 spiro atoms. The Balaban J connectivity index is 4.88. The van der Waals surface area contributed by atoms with Gasteiger partial charge in [-0.1, -0.05) is 6.58 Å². The molecule has 4 heteroatoms. The predicted molar refractivity (Wildman–Crippen MR) is 48.0 cm³/mol. The first-order chi connectivity index (χ1) is 5.98. The number of ketones is 1. The summed E-state index contributed by atoms with van der Waals surface area (Å²) in [5.41, 5.74) is -1.16. The Morgan fingerprint density at radius 2 is 2.23 bits per heavy atom. The Bertz CT molecular complexity index is 266. The molecule has 0 saturated carbocycles. The summed E-state index contributed by atoms with van der Waals surface area (Å²) in [7, 11) is 0. The van der Waals surface area contributed by atoms with E-state index in [-0.39, 0.29) is 0 Å². The van der Waals surface area contributed by atoms with Crippen molar-refractivity contribution in [3.8, 4) is 0 Å². The van der Waals surface area contributed by atoms with E-state index in [2.05, 4.69) is 11.6 Å². The second kappa shape index (κ2) is 4.70. The summed E-state index contributed by atoms with van der Waals surface area (Å²) in [6.45, 7) is 8.43. The van der Waals surface area contributed by atoms with Gasteiger partial charge < -0.3 is 4.74 Å². The SMILES string of the molecule is C=C(C)C(=O)C(C)(N=C=O)OCC. The van der Waals surface area contributed by atoms with E-state index in [1.54, 1.807) is 13.8 Å². The van der Waals surface area contributed by atoms with Crippen molar-refractivity contribution in [3.63, 3.8) is 0 Å². The highest BCUT2D eigenvalue weighted by atomic mass is 16.5. The van der Waals surface area contributed by atoms with Crippen molar-refractivity contribution in [2.24, 2.45) is 4.99 Å². The normalized spacial score (nSPS) is 14.1. The van der Waals surface area contributed by atoms with Crippen LogP contribution in [0.15, 0.2) is 17.1 Å². The highest BCUT2D eigenvalue weighted by Gasteiger charge is 2.33. The minimum atomic E-state index is -1.46. The second-order valence-electron chi connectivity index (χ2n) is 2.73. The molecular weight excluding hydrogens is 170 g/mol. The number of ether oxygens (including phenoxy) is 1. The number of aliphatic imine (C=N–C) groups is 1. The third-order valence-electron chi connectivity index (χ3n) is 1.49. The van der Waals surface area contributed by atoms with E-state index in [1.165, 1.54) is 13.0 Å². The zero-order chi connectivity index (χ0) is 10.5. The third kappa shape index (κ3) is 2.93. The van der Waals surface area contributed by atoms with Crippen molar-refractivity contribution in [2.45, 2.75) is 26.5 Å². The average molecular weight is 183 g/mol. The lowest BCUT2D eigenvalue weighted by Gasteiger charge is -2.21. The number of carbonyl (C=O) groups is 1. The summed E-state index contributed by atoms with van der Waals surface area (Å²) < 4.78 is 5.05. The van der Waals surface area contributed by atoms with E-state index in [0.29, 0.717) is 12.2 Å². The number of hydrogen-bond acceptors (Lipinski definition) is 4. The predicted octanol–water partition coefficient (Wildman–Crippen LogP) is 1.22. The quantitative estimate of drug-likeness (QED) is 0.366. The van der Waals surface area contributed by atoms with Crippen LogP contribution in [0.4, 0.5) is 0 Å². The summed E-state index contributed by atoms with van der Waals surface area (Å²) in [6, 6.07) is 0. The van der Waals surface area contributed by atoms with E-state index in [4.69, 9.17) is 4.74 Å². The molecule has 0 amide bonds. The number of Topliss-reactive ketones (excluding diaryl/α,β-unsaturated/α-hetero) is 1. The van der Waals surface area contributed by atoms with Gasteiger partial charge in [-0.15, -0.1) is 0 Å². The fourth-order valence-corrected chi connectivity index (χ4v) is 0.913. The average Bonchev–Trinajstić information content (AvgIpc) is 2.03. The van der Waals surface area contributed by atoms with Gasteiger partial charge in [0, 0.05) is 6.61 Å². The van der Waals surface area contributed by atoms with Crippen molar-refractivity contribution in [1.82, 2.24) is 0 Å². The zero-order valence-corrected chi connectivity index (χ0v) is 8.09. The summed E-state index contributed by atoms with van der Waals surface area (Å²) >= 11 is 0. The van der Waals surface area contributed by atoms with Crippen LogP contribution in [0.5, 0.6) is 0 Å². The maximum Gasteiger partial charge on any atom is 0.238 e. The molecule has 72 valence electrons. The number of rotatable bonds is 5. The molecule has 0 fully saturated rings. The summed E-state index contributed by atoms with van der Waals surface area (Å²) in [6.07, 6.45) is 1.32. The van der Waals surface area contributed by atoms with Gasteiger partial charge in [0.2, 0.25) is 17.6 Å². The lowest BCUT2D eigenvalue weighted by atomic mass is 10.1. The fourth-order valence-electron chi connectivity index (χ4n) is 0.913. The second-order valence-corrected chi connectivity index (χ2v) is 2.73. The van der Waals surface area contributed by atoms with Crippen LogP contribution < -0.4 is 0 Å². The molecule has 0 rings (SSSR count). The molecule has 1 unspecified atom stereocenters. The van der Waals surface area contributed by atoms with Gasteiger partial charge in [0.1, 0.15) is 0 Å². The molecule has 1 atom stereocenters. The van der Waals surface area contributed by atoms with E-state index >= 15 is 0 Å². The minimum absolute atomic E-state index is 0.292. The maximum absolute atomic E-state index is 11.4. The van der Waals surface area contributed by atoms with Gasteiger partial charge in [-0.25, -0.2) is 4.79 Å². The van der Waals surface area contributed by atoms with Gasteiger partial charge in [-0.05, 0) is 26.3 Å². The first-order valence-electron chi connectivity index (χ1n) is 3.91. The topological polar surface area (TPSA) is 55.7 Å². The van der Waals surface area contributed by atoms with Gasteiger partial charge in [0.15, 0.2) is 0 Å². The number of hydrogen-bond donors (Lipinski definition) is 0. The summed E-state index contributed by atoms with van der Waals surface area (Å²) in [5.74, 6) is -0.405. The Morgan fingerprint density at radius 1 is 1.69 bits per heavy atom. The van der Waals surface area contributed by atoms with Crippen LogP contribution in [0.3, 0.4) is 0 Å². The van der Waals surface area contributed by atoms with Crippen molar-refractivity contribution in [3.05, 3.63) is 12.2 Å². The van der Waals surface area contributed by atoms with Crippen LogP contribution in [0, 0.1) is 0 Å². The third-order valence-corrected chi connectivity index (χ3v) is 1.49. The molecule has 0 aromatic rings. The minimum Gasteiger partial charge on any atom is -0.347 e. The van der Waals surface area contributed by atoms with Crippen LogP contribution in [0.2, 0.25) is 0 Å². The Labute approximate surface area is 77.3 Å². The highest BCUT2D eigenvalue weighted by Crippen LogP contribution is 2.16. The smallest absolute Gasteiger partial charge is 0.238 e. The molecule has 0 saturated heterocycles. The van der Waals surface area contributed by atoms with Crippen LogP contribution in [-0.2, 0) is 14.3 Å². The number of isocyanates is 1. The largest absolute Gasteiger partial charge is 0.347 e. The molecule has 0 bridgehead atoms. The van der Waals surface area contributed by atoms with Crippen molar-refractivity contribution in [1.29, 1.82) is 0 Å². The standard InChI is InChI=1S/C9H13NO3/c1-5-13-9(4,10-6-11)8(12)7(2)3/h2,5H2,1,3-4H3. The van der Waals surface area contributed by atoms with E-state index in [1.807, 2.05) is 0 Å². The Kier molecular flexibility index (Phi) is 4.25. The lowest BCUT2D eigenvalue weighted by molar-refractivity contribution is -0.136. The summed E-state index contributed by atoms with van der Waals surface area (Å²) in [5, 5.41) is 0. The molecule has 13 heavy (non-hydrogen) atoms. The Hall–Kier alpha value is -1.25. The maximum atomic E-state index is 11.4. The van der Waals surface area contributed by atoms with Crippen molar-refractivity contribution >= 4 is 11.9 Å². The first kappa shape index (κ1) is 11.8. The van der Waals surface area contributed by atoms with Crippen LogP contribution in [0.1, 0.15) is 20.8 Å². The first-order valence-corrected chi connectivity index (χ1v) is 3.91. The van der Waals surface area contributed by atoms with Gasteiger partial charge in [-0.3, -0.25) is 4.79 Å². The Morgan fingerprint density at radius 3 is 2.54 bits per heavy atom. The van der Waals surface area contributed by atoms with Gasteiger partial charge in [0.05, 0.1) is 0 Å². The molecule has 0 aliphatic rings. The molecule has 0 heterocycles. The molecular formula is C9H13NO3. The number of carbonyl (C=O) groups excluding carboxylic acids is 2. The fraction of sp³-hybridized carbons (Fsp3) is 0.556.